The second-order valence-corrected chi connectivity index (χ2v) is 8.64. The van der Waals surface area contributed by atoms with E-state index in [-0.39, 0.29) is 0 Å². The number of hydrogen-bond acceptors (Lipinski definition) is 3. The predicted molar refractivity (Wildman–Crippen MR) is 135 cm³/mol. The zero-order chi connectivity index (χ0) is 22.7. The van der Waals surface area contributed by atoms with Gasteiger partial charge in [0.15, 0.2) is 10.9 Å². The summed E-state index contributed by atoms with van der Waals surface area (Å²) in [5.41, 5.74) is 4.99. The Bertz CT molecular complexity index is 1250. The lowest BCUT2D eigenvalue weighted by atomic mass is 10.2. The molecule has 0 spiro atoms. The van der Waals surface area contributed by atoms with Gasteiger partial charge < -0.3 is 10.6 Å². The number of anilines is 2. The van der Waals surface area contributed by atoms with E-state index in [4.69, 9.17) is 35.4 Å². The van der Waals surface area contributed by atoms with Crippen molar-refractivity contribution in [3.05, 3.63) is 93.4 Å². The Hall–Kier alpha value is -2.87. The number of thiocarbonyl (C=S) groups is 1. The summed E-state index contributed by atoms with van der Waals surface area (Å²) in [4.78, 5) is 0. The summed E-state index contributed by atoms with van der Waals surface area (Å²) in [6.45, 7) is 5.27. The third-order valence-corrected chi connectivity index (χ3v) is 5.95. The largest absolute Gasteiger partial charge is 0.329 e. The minimum Gasteiger partial charge on any atom is -0.329 e. The van der Waals surface area contributed by atoms with Gasteiger partial charge in [-0.2, -0.15) is 10.2 Å². The van der Waals surface area contributed by atoms with Crippen LogP contribution in [0.5, 0.6) is 0 Å². The molecule has 0 saturated carbocycles. The van der Waals surface area contributed by atoms with Crippen molar-refractivity contribution in [2.75, 3.05) is 10.6 Å². The topological polar surface area (TPSA) is 59.7 Å². The zero-order valence-electron chi connectivity index (χ0n) is 17.6. The van der Waals surface area contributed by atoms with E-state index in [1.165, 1.54) is 5.56 Å². The molecule has 0 aliphatic heterocycles. The SMILES string of the molecule is Cc1nn(Cc2ccccc2)c(C)c1NC(=S)Nc1ccn(Cc2ccc(Cl)c(Cl)c2)n1. The molecule has 4 rings (SSSR count). The number of rotatable bonds is 6. The first-order valence-electron chi connectivity index (χ1n) is 10.0. The van der Waals surface area contributed by atoms with Crippen molar-refractivity contribution >= 4 is 52.0 Å². The van der Waals surface area contributed by atoms with Crippen LogP contribution in [0.1, 0.15) is 22.5 Å². The van der Waals surface area contributed by atoms with Gasteiger partial charge in [-0.3, -0.25) is 9.36 Å². The van der Waals surface area contributed by atoms with Gasteiger partial charge in [0.2, 0.25) is 0 Å². The van der Waals surface area contributed by atoms with E-state index in [0.29, 0.717) is 34.1 Å². The van der Waals surface area contributed by atoms with Crippen LogP contribution in [0.4, 0.5) is 11.5 Å². The summed E-state index contributed by atoms with van der Waals surface area (Å²) in [5, 5.41) is 17.1. The third kappa shape index (κ3) is 5.30. The molecule has 0 aliphatic carbocycles. The summed E-state index contributed by atoms with van der Waals surface area (Å²) in [5.74, 6) is 0.648. The molecule has 2 aromatic heterocycles. The standard InChI is InChI=1S/C23H22Cl2N6S/c1-15-22(16(2)31(28-15)14-17-6-4-3-5-7-17)27-23(32)26-21-10-11-30(29-21)13-18-8-9-19(24)20(25)12-18/h3-12H,13-14H2,1-2H3,(H2,26,27,29,32). The predicted octanol–water partition coefficient (Wildman–Crippen LogP) is 5.91. The van der Waals surface area contributed by atoms with E-state index in [9.17, 15) is 0 Å². The van der Waals surface area contributed by atoms with E-state index in [1.54, 1.807) is 10.7 Å². The monoisotopic (exact) mass is 484 g/mol. The maximum absolute atomic E-state index is 6.10. The van der Waals surface area contributed by atoms with Gasteiger partial charge >= 0.3 is 0 Å². The molecule has 0 unspecified atom stereocenters. The summed E-state index contributed by atoms with van der Waals surface area (Å²) >= 11 is 17.6. The van der Waals surface area contributed by atoms with Crippen LogP contribution in [0, 0.1) is 13.8 Å². The molecular weight excluding hydrogens is 463 g/mol. The lowest BCUT2D eigenvalue weighted by molar-refractivity contribution is 0.659. The molecule has 2 N–H and O–H groups in total. The van der Waals surface area contributed by atoms with Crippen LogP contribution in [-0.4, -0.2) is 24.7 Å². The Morgan fingerprint density at radius 3 is 2.44 bits per heavy atom. The van der Waals surface area contributed by atoms with E-state index < -0.39 is 0 Å². The Morgan fingerprint density at radius 1 is 0.906 bits per heavy atom. The fourth-order valence-electron chi connectivity index (χ4n) is 3.39. The smallest absolute Gasteiger partial charge is 0.176 e. The van der Waals surface area contributed by atoms with Crippen LogP contribution in [0.25, 0.3) is 0 Å². The van der Waals surface area contributed by atoms with Crippen molar-refractivity contribution in [3.63, 3.8) is 0 Å². The van der Waals surface area contributed by atoms with Crippen LogP contribution in [0.2, 0.25) is 10.0 Å². The average molecular weight is 485 g/mol. The maximum atomic E-state index is 6.10. The van der Waals surface area contributed by atoms with Gasteiger partial charge in [0.1, 0.15) is 0 Å². The molecule has 2 heterocycles. The number of hydrogen-bond donors (Lipinski definition) is 2. The average Bonchev–Trinajstić information content (AvgIpc) is 3.30. The highest BCUT2D eigenvalue weighted by Gasteiger charge is 2.14. The van der Waals surface area contributed by atoms with E-state index >= 15 is 0 Å². The zero-order valence-corrected chi connectivity index (χ0v) is 20.0. The summed E-state index contributed by atoms with van der Waals surface area (Å²) in [6.07, 6.45) is 1.88. The number of aryl methyl sites for hydroxylation is 1. The van der Waals surface area contributed by atoms with Crippen molar-refractivity contribution in [3.8, 4) is 0 Å². The molecule has 0 radical (unpaired) electrons. The highest BCUT2D eigenvalue weighted by molar-refractivity contribution is 7.80. The van der Waals surface area contributed by atoms with E-state index in [1.807, 2.05) is 61.1 Å². The molecule has 164 valence electrons. The van der Waals surface area contributed by atoms with Gasteiger partial charge in [-0.05, 0) is 49.3 Å². The van der Waals surface area contributed by atoms with Crippen molar-refractivity contribution in [2.45, 2.75) is 26.9 Å². The van der Waals surface area contributed by atoms with E-state index in [0.717, 1.165) is 22.6 Å². The second-order valence-electron chi connectivity index (χ2n) is 7.42. The maximum Gasteiger partial charge on any atom is 0.176 e. The fourth-order valence-corrected chi connectivity index (χ4v) is 3.92. The minimum absolute atomic E-state index is 0.454. The molecule has 9 heteroatoms. The first-order valence-corrected chi connectivity index (χ1v) is 11.2. The Kier molecular flexibility index (Phi) is 6.79. The normalized spacial score (nSPS) is 10.9. The van der Waals surface area contributed by atoms with Crippen LogP contribution in [0.15, 0.2) is 60.8 Å². The number of nitrogens with zero attached hydrogens (tertiary/aromatic N) is 4. The van der Waals surface area contributed by atoms with Gasteiger partial charge in [-0.15, -0.1) is 0 Å². The molecule has 0 amide bonds. The molecule has 0 bridgehead atoms. The van der Waals surface area contributed by atoms with Gasteiger partial charge in [0, 0.05) is 12.3 Å². The number of nitrogens with one attached hydrogen (secondary N) is 2. The molecule has 6 nitrogen and oxygen atoms in total. The van der Waals surface area contributed by atoms with Crippen LogP contribution >= 0.6 is 35.4 Å². The molecule has 2 aromatic carbocycles. The molecule has 0 fully saturated rings. The second kappa shape index (κ2) is 9.73. The molecule has 32 heavy (non-hydrogen) atoms. The molecular formula is C23H22Cl2N6S. The summed E-state index contributed by atoms with van der Waals surface area (Å²) < 4.78 is 3.78. The Balaban J connectivity index is 1.39. The summed E-state index contributed by atoms with van der Waals surface area (Å²) in [7, 11) is 0. The van der Waals surface area contributed by atoms with Gasteiger partial charge in [-0.25, -0.2) is 0 Å². The summed E-state index contributed by atoms with van der Waals surface area (Å²) in [6, 6.07) is 17.6. The van der Waals surface area contributed by atoms with Gasteiger partial charge in [0.05, 0.1) is 40.2 Å². The first-order chi connectivity index (χ1) is 15.4. The Labute approximate surface area is 202 Å². The van der Waals surface area contributed by atoms with Crippen molar-refractivity contribution in [1.29, 1.82) is 0 Å². The Morgan fingerprint density at radius 2 is 1.69 bits per heavy atom. The minimum atomic E-state index is 0.454. The van der Waals surface area contributed by atoms with E-state index in [2.05, 4.69) is 33.0 Å². The quantitative estimate of drug-likeness (QED) is 0.333. The molecule has 0 aliphatic rings. The van der Waals surface area contributed by atoms with Crippen molar-refractivity contribution in [1.82, 2.24) is 19.6 Å². The number of halogens is 2. The van der Waals surface area contributed by atoms with Gasteiger partial charge in [-0.1, -0.05) is 59.6 Å². The fraction of sp³-hybridized carbons (Fsp3) is 0.174. The molecule has 4 aromatic rings. The molecule has 0 saturated heterocycles. The van der Waals surface area contributed by atoms with Crippen molar-refractivity contribution in [2.24, 2.45) is 0 Å². The van der Waals surface area contributed by atoms with Gasteiger partial charge in [0.25, 0.3) is 0 Å². The van der Waals surface area contributed by atoms with Crippen molar-refractivity contribution < 1.29 is 0 Å². The number of benzene rings is 2. The lowest BCUT2D eigenvalue weighted by Gasteiger charge is -2.10. The van der Waals surface area contributed by atoms with Crippen LogP contribution in [0.3, 0.4) is 0 Å². The highest BCUT2D eigenvalue weighted by Crippen LogP contribution is 2.23. The molecule has 0 atom stereocenters. The van der Waals surface area contributed by atoms with Crippen LogP contribution < -0.4 is 10.6 Å². The number of aromatic nitrogens is 4. The van der Waals surface area contributed by atoms with Crippen LogP contribution in [-0.2, 0) is 13.1 Å². The first kappa shape index (κ1) is 22.3. The lowest BCUT2D eigenvalue weighted by Crippen LogP contribution is -2.20. The third-order valence-electron chi connectivity index (χ3n) is 5.01. The highest BCUT2D eigenvalue weighted by atomic mass is 35.5.